The number of rotatable bonds is 5. The lowest BCUT2D eigenvalue weighted by Crippen LogP contribution is -2.14. The monoisotopic (exact) mass is 384 g/mol. The Bertz CT molecular complexity index is 1060. The third-order valence-electron chi connectivity index (χ3n) is 3.90. The molecule has 0 aliphatic carbocycles. The van der Waals surface area contributed by atoms with Gasteiger partial charge in [0.15, 0.2) is 4.96 Å². The standard InChI is InChI=1S/C18H16N4O2S2/c1-11-7-17(26-21-11)20-16(23)8-13-10-25-18-19-15(9-22(13)18)12-3-5-14(24-2)6-4-12/h3-7,9-10H,8H2,1-2H3,(H,20,23). The first-order valence-corrected chi connectivity index (χ1v) is 9.61. The fraction of sp³-hybridized carbons (Fsp3) is 0.167. The Kier molecular flexibility index (Phi) is 4.44. The van der Waals surface area contributed by atoms with E-state index in [1.54, 1.807) is 7.11 Å². The van der Waals surface area contributed by atoms with E-state index in [1.165, 1.54) is 22.9 Å². The van der Waals surface area contributed by atoms with Crippen molar-refractivity contribution in [2.24, 2.45) is 0 Å². The Labute approximate surface area is 158 Å². The van der Waals surface area contributed by atoms with Crippen molar-refractivity contribution in [2.75, 3.05) is 12.4 Å². The molecule has 0 aliphatic heterocycles. The lowest BCUT2D eigenvalue weighted by Gasteiger charge is -2.01. The van der Waals surface area contributed by atoms with Crippen molar-refractivity contribution in [1.82, 2.24) is 13.8 Å². The van der Waals surface area contributed by atoms with Gasteiger partial charge in [-0.25, -0.2) is 4.98 Å². The number of ether oxygens (including phenoxy) is 1. The minimum atomic E-state index is -0.0620. The number of thiazole rings is 1. The zero-order valence-electron chi connectivity index (χ0n) is 14.2. The molecule has 1 amide bonds. The maximum absolute atomic E-state index is 12.3. The summed E-state index contributed by atoms with van der Waals surface area (Å²) < 4.78 is 11.3. The van der Waals surface area contributed by atoms with Crippen molar-refractivity contribution < 1.29 is 9.53 Å². The number of aromatic nitrogens is 3. The molecular formula is C18H16N4O2S2. The molecule has 26 heavy (non-hydrogen) atoms. The fourth-order valence-electron chi connectivity index (χ4n) is 2.63. The van der Waals surface area contributed by atoms with Gasteiger partial charge >= 0.3 is 0 Å². The molecule has 0 radical (unpaired) electrons. The van der Waals surface area contributed by atoms with Gasteiger partial charge in [-0.3, -0.25) is 9.20 Å². The number of methoxy groups -OCH3 is 1. The molecule has 4 aromatic rings. The van der Waals surface area contributed by atoms with Crippen molar-refractivity contribution in [3.05, 3.63) is 53.3 Å². The molecule has 4 rings (SSSR count). The molecule has 0 unspecified atom stereocenters. The number of nitrogens with one attached hydrogen (secondary N) is 1. The summed E-state index contributed by atoms with van der Waals surface area (Å²) in [7, 11) is 1.65. The predicted molar refractivity (Wildman–Crippen MR) is 104 cm³/mol. The molecular weight excluding hydrogens is 368 g/mol. The normalized spacial score (nSPS) is 11.0. The number of carbonyl (C=O) groups excluding carboxylic acids is 1. The smallest absolute Gasteiger partial charge is 0.230 e. The van der Waals surface area contributed by atoms with Crippen LogP contribution in [0.15, 0.2) is 41.9 Å². The number of amides is 1. The largest absolute Gasteiger partial charge is 0.497 e. The van der Waals surface area contributed by atoms with E-state index in [0.717, 1.165) is 38.4 Å². The summed E-state index contributed by atoms with van der Waals surface area (Å²) >= 11 is 2.82. The Morgan fingerprint density at radius 3 is 2.81 bits per heavy atom. The molecule has 3 aromatic heterocycles. The number of aryl methyl sites for hydroxylation is 1. The molecule has 132 valence electrons. The second-order valence-electron chi connectivity index (χ2n) is 5.79. The third kappa shape index (κ3) is 3.33. The number of hydrogen-bond acceptors (Lipinski definition) is 6. The van der Waals surface area contributed by atoms with Gasteiger partial charge in [-0.15, -0.1) is 11.3 Å². The number of anilines is 1. The van der Waals surface area contributed by atoms with Crippen LogP contribution in [0.25, 0.3) is 16.2 Å². The topological polar surface area (TPSA) is 68.5 Å². The number of hydrogen-bond donors (Lipinski definition) is 1. The second kappa shape index (κ2) is 6.89. The molecule has 0 spiro atoms. The third-order valence-corrected chi connectivity index (χ3v) is 5.59. The lowest BCUT2D eigenvalue weighted by molar-refractivity contribution is -0.115. The highest BCUT2D eigenvalue weighted by molar-refractivity contribution is 7.15. The predicted octanol–water partition coefficient (Wildman–Crippen LogP) is 4.02. The van der Waals surface area contributed by atoms with Crippen molar-refractivity contribution >= 4 is 38.7 Å². The van der Waals surface area contributed by atoms with Crippen LogP contribution >= 0.6 is 22.9 Å². The molecule has 0 atom stereocenters. The molecule has 0 bridgehead atoms. The first-order valence-electron chi connectivity index (χ1n) is 7.95. The summed E-state index contributed by atoms with van der Waals surface area (Å²) in [4.78, 5) is 17.8. The minimum absolute atomic E-state index is 0.0620. The van der Waals surface area contributed by atoms with Crippen LogP contribution in [0.4, 0.5) is 5.00 Å². The van der Waals surface area contributed by atoms with Crippen LogP contribution in [0, 0.1) is 6.92 Å². The Balaban J connectivity index is 1.54. The van der Waals surface area contributed by atoms with Crippen LogP contribution < -0.4 is 10.1 Å². The molecule has 1 N–H and O–H groups in total. The van der Waals surface area contributed by atoms with Gasteiger partial charge in [0.05, 0.1) is 24.9 Å². The fourth-order valence-corrected chi connectivity index (χ4v) is 4.18. The van der Waals surface area contributed by atoms with Crippen LogP contribution in [0.1, 0.15) is 11.4 Å². The summed E-state index contributed by atoms with van der Waals surface area (Å²) in [5.74, 6) is 0.749. The molecule has 0 saturated carbocycles. The maximum Gasteiger partial charge on any atom is 0.230 e. The van der Waals surface area contributed by atoms with E-state index < -0.39 is 0 Å². The van der Waals surface area contributed by atoms with E-state index in [9.17, 15) is 4.79 Å². The molecule has 6 nitrogen and oxygen atoms in total. The summed E-state index contributed by atoms with van der Waals surface area (Å²) in [6.07, 6.45) is 2.25. The average molecular weight is 384 g/mol. The number of nitrogens with zero attached hydrogens (tertiary/aromatic N) is 3. The van der Waals surface area contributed by atoms with Gasteiger partial charge in [-0.1, -0.05) is 0 Å². The van der Waals surface area contributed by atoms with Gasteiger partial charge in [-0.05, 0) is 48.8 Å². The Hall–Kier alpha value is -2.71. The van der Waals surface area contributed by atoms with Gasteiger partial charge in [0, 0.05) is 22.8 Å². The molecule has 0 aliphatic rings. The molecule has 8 heteroatoms. The van der Waals surface area contributed by atoms with Crippen LogP contribution in [-0.2, 0) is 11.2 Å². The molecule has 3 heterocycles. The SMILES string of the molecule is COc1ccc(-c2cn3c(CC(=O)Nc4cc(C)ns4)csc3n2)cc1. The van der Waals surface area contributed by atoms with E-state index in [0.29, 0.717) is 0 Å². The van der Waals surface area contributed by atoms with Gasteiger partial charge in [0.1, 0.15) is 10.8 Å². The number of carbonyl (C=O) groups is 1. The lowest BCUT2D eigenvalue weighted by atomic mass is 10.2. The number of benzene rings is 1. The second-order valence-corrected chi connectivity index (χ2v) is 7.43. The van der Waals surface area contributed by atoms with Crippen LogP contribution in [0.3, 0.4) is 0 Å². The maximum atomic E-state index is 12.3. The van der Waals surface area contributed by atoms with Crippen LogP contribution in [0.5, 0.6) is 5.75 Å². The summed E-state index contributed by atoms with van der Waals surface area (Å²) in [6, 6.07) is 9.64. The van der Waals surface area contributed by atoms with Crippen LogP contribution in [-0.4, -0.2) is 26.8 Å². The van der Waals surface area contributed by atoms with E-state index in [1.807, 2.05) is 53.2 Å². The van der Waals surface area contributed by atoms with E-state index >= 15 is 0 Å². The molecule has 0 saturated heterocycles. The van der Waals surface area contributed by atoms with Gasteiger partial charge < -0.3 is 10.1 Å². The van der Waals surface area contributed by atoms with Gasteiger partial charge in [-0.2, -0.15) is 4.37 Å². The highest BCUT2D eigenvalue weighted by Crippen LogP contribution is 2.26. The quantitative estimate of drug-likeness (QED) is 0.564. The first-order chi connectivity index (χ1) is 12.6. The van der Waals surface area contributed by atoms with Crippen LogP contribution in [0.2, 0.25) is 0 Å². The summed E-state index contributed by atoms with van der Waals surface area (Å²) in [5.41, 5.74) is 3.70. The molecule has 0 fully saturated rings. The van der Waals surface area contributed by atoms with Crippen molar-refractivity contribution in [3.8, 4) is 17.0 Å². The first kappa shape index (κ1) is 16.7. The van der Waals surface area contributed by atoms with Gasteiger partial charge in [0.25, 0.3) is 0 Å². The van der Waals surface area contributed by atoms with Crippen molar-refractivity contribution in [3.63, 3.8) is 0 Å². The van der Waals surface area contributed by atoms with Crippen molar-refractivity contribution in [2.45, 2.75) is 13.3 Å². The number of imidazole rings is 1. The van der Waals surface area contributed by atoms with E-state index in [4.69, 9.17) is 4.74 Å². The average Bonchev–Trinajstić information content (AvgIpc) is 3.33. The summed E-state index contributed by atoms with van der Waals surface area (Å²) in [6.45, 7) is 1.90. The van der Waals surface area contributed by atoms with E-state index in [-0.39, 0.29) is 12.3 Å². The molecule has 1 aromatic carbocycles. The minimum Gasteiger partial charge on any atom is -0.497 e. The van der Waals surface area contributed by atoms with E-state index in [2.05, 4.69) is 14.7 Å². The highest BCUT2D eigenvalue weighted by Gasteiger charge is 2.13. The summed E-state index contributed by atoms with van der Waals surface area (Å²) in [5, 5.41) is 5.63. The Morgan fingerprint density at radius 1 is 1.31 bits per heavy atom. The Morgan fingerprint density at radius 2 is 2.12 bits per heavy atom. The van der Waals surface area contributed by atoms with Gasteiger partial charge in [0.2, 0.25) is 5.91 Å². The zero-order valence-corrected chi connectivity index (χ0v) is 15.9. The highest BCUT2D eigenvalue weighted by atomic mass is 32.1. The number of fused-ring (bicyclic) bond motifs is 1. The van der Waals surface area contributed by atoms with Crippen molar-refractivity contribution in [1.29, 1.82) is 0 Å². The zero-order chi connectivity index (χ0) is 18.1.